The zero-order chi connectivity index (χ0) is 12.1. The lowest BCUT2D eigenvalue weighted by molar-refractivity contribution is 0.163. The van der Waals surface area contributed by atoms with Crippen LogP contribution < -0.4 is 0 Å². The van der Waals surface area contributed by atoms with Crippen molar-refractivity contribution in [2.24, 2.45) is 0 Å². The van der Waals surface area contributed by atoms with Crippen LogP contribution in [-0.4, -0.2) is 4.32 Å². The lowest BCUT2D eigenvalue weighted by Crippen LogP contribution is -2.44. The summed E-state index contributed by atoms with van der Waals surface area (Å²) in [6.45, 7) is 0. The van der Waals surface area contributed by atoms with Crippen molar-refractivity contribution < 1.29 is 0 Å². The van der Waals surface area contributed by atoms with Crippen LogP contribution in [0.1, 0.15) is 44.1 Å². The van der Waals surface area contributed by atoms with Crippen molar-refractivity contribution in [2.45, 2.75) is 48.3 Å². The fraction of sp³-hybridized carbons (Fsp3) is 0.571. The normalized spacial score (nSPS) is 36.2. The van der Waals surface area contributed by atoms with Crippen molar-refractivity contribution in [3.63, 3.8) is 0 Å². The molecule has 3 saturated carbocycles. The SMILES string of the molecule is Clc1ccc(C23CCC(Br)(CC2)CC3)c(Cl)c1. The molecule has 92 valence electrons. The fourth-order valence-corrected chi connectivity index (χ4v) is 4.67. The molecule has 1 aromatic rings. The molecule has 3 aliphatic carbocycles. The lowest BCUT2D eigenvalue weighted by atomic mass is 9.58. The van der Waals surface area contributed by atoms with Gasteiger partial charge in [0.2, 0.25) is 0 Å². The Hall–Kier alpha value is 0.280. The summed E-state index contributed by atoms with van der Waals surface area (Å²) in [7, 11) is 0. The van der Waals surface area contributed by atoms with E-state index < -0.39 is 0 Å². The summed E-state index contributed by atoms with van der Waals surface area (Å²) in [6.07, 6.45) is 7.56. The average Bonchev–Trinajstić information content (AvgIpc) is 2.30. The van der Waals surface area contributed by atoms with Crippen molar-refractivity contribution in [3.05, 3.63) is 33.8 Å². The summed E-state index contributed by atoms with van der Waals surface area (Å²) in [4.78, 5) is 0. The molecule has 17 heavy (non-hydrogen) atoms. The third kappa shape index (κ3) is 2.05. The second-order valence-electron chi connectivity index (χ2n) is 5.56. The van der Waals surface area contributed by atoms with Crippen molar-refractivity contribution in [2.75, 3.05) is 0 Å². The third-order valence-electron chi connectivity index (χ3n) is 4.66. The first-order valence-corrected chi connectivity index (χ1v) is 7.73. The van der Waals surface area contributed by atoms with Crippen LogP contribution in [0.4, 0.5) is 0 Å². The van der Waals surface area contributed by atoms with Crippen LogP contribution in [0.2, 0.25) is 10.0 Å². The number of rotatable bonds is 1. The van der Waals surface area contributed by atoms with E-state index in [4.69, 9.17) is 23.2 Å². The van der Waals surface area contributed by atoms with Gasteiger partial charge in [0, 0.05) is 14.4 Å². The van der Waals surface area contributed by atoms with Gasteiger partial charge < -0.3 is 0 Å². The van der Waals surface area contributed by atoms with Crippen LogP contribution in [-0.2, 0) is 5.41 Å². The Labute approximate surface area is 121 Å². The number of fused-ring (bicyclic) bond motifs is 3. The van der Waals surface area contributed by atoms with Crippen LogP contribution in [0.5, 0.6) is 0 Å². The lowest BCUT2D eigenvalue weighted by Gasteiger charge is -2.51. The highest BCUT2D eigenvalue weighted by Gasteiger charge is 2.48. The summed E-state index contributed by atoms with van der Waals surface area (Å²) in [5, 5.41) is 1.58. The maximum absolute atomic E-state index is 6.39. The maximum atomic E-state index is 6.39. The Kier molecular flexibility index (Phi) is 3.00. The summed E-state index contributed by atoms with van der Waals surface area (Å²) in [5.41, 5.74) is 1.63. The highest BCUT2D eigenvalue weighted by Crippen LogP contribution is 2.57. The van der Waals surface area contributed by atoms with Gasteiger partial charge in [0.05, 0.1) is 0 Å². The van der Waals surface area contributed by atoms with E-state index in [0.29, 0.717) is 9.74 Å². The summed E-state index contributed by atoms with van der Waals surface area (Å²) >= 11 is 16.3. The van der Waals surface area contributed by atoms with E-state index >= 15 is 0 Å². The molecule has 1 aromatic carbocycles. The van der Waals surface area contributed by atoms with Crippen LogP contribution >= 0.6 is 39.1 Å². The molecule has 0 amide bonds. The number of hydrogen-bond acceptors (Lipinski definition) is 0. The molecule has 2 bridgehead atoms. The Morgan fingerprint density at radius 1 is 0.941 bits per heavy atom. The third-order valence-corrected chi connectivity index (χ3v) is 6.39. The van der Waals surface area contributed by atoms with E-state index in [-0.39, 0.29) is 0 Å². The van der Waals surface area contributed by atoms with E-state index in [9.17, 15) is 0 Å². The topological polar surface area (TPSA) is 0 Å². The predicted octanol–water partition coefficient (Wildman–Crippen LogP) is 5.73. The second kappa shape index (κ2) is 4.15. The monoisotopic (exact) mass is 332 g/mol. The molecule has 0 atom stereocenters. The van der Waals surface area contributed by atoms with Gasteiger partial charge in [-0.2, -0.15) is 0 Å². The fourth-order valence-electron chi connectivity index (χ4n) is 3.46. The van der Waals surface area contributed by atoms with Gasteiger partial charge in [-0.15, -0.1) is 0 Å². The number of hydrogen-bond donors (Lipinski definition) is 0. The Morgan fingerprint density at radius 3 is 2.06 bits per heavy atom. The standard InChI is InChI=1S/C14H15BrCl2/c15-14-6-3-13(4-7-14,5-8-14)11-2-1-10(16)9-12(11)17/h1-2,9H,3-8H2. The predicted molar refractivity (Wildman–Crippen MR) is 77.5 cm³/mol. The van der Waals surface area contributed by atoms with Crippen molar-refractivity contribution in [3.8, 4) is 0 Å². The van der Waals surface area contributed by atoms with E-state index in [1.54, 1.807) is 0 Å². The Bertz CT molecular complexity index is 431. The van der Waals surface area contributed by atoms with Crippen molar-refractivity contribution in [1.29, 1.82) is 0 Å². The molecule has 0 nitrogen and oxygen atoms in total. The molecule has 3 heteroatoms. The molecule has 0 radical (unpaired) electrons. The van der Waals surface area contributed by atoms with E-state index in [2.05, 4.69) is 22.0 Å². The minimum atomic E-state index is 0.317. The minimum Gasteiger partial charge on any atom is -0.0853 e. The Morgan fingerprint density at radius 2 is 1.53 bits per heavy atom. The molecule has 0 saturated heterocycles. The molecule has 0 spiro atoms. The Balaban J connectivity index is 1.99. The summed E-state index contributed by atoms with van der Waals surface area (Å²) in [5.74, 6) is 0. The maximum Gasteiger partial charge on any atom is 0.0458 e. The highest BCUT2D eigenvalue weighted by molar-refractivity contribution is 9.10. The average molecular weight is 334 g/mol. The molecule has 0 unspecified atom stereocenters. The molecular formula is C14H15BrCl2. The van der Waals surface area contributed by atoms with Crippen LogP contribution in [0, 0.1) is 0 Å². The van der Waals surface area contributed by atoms with Gasteiger partial charge in [-0.3, -0.25) is 0 Å². The van der Waals surface area contributed by atoms with Gasteiger partial charge in [-0.25, -0.2) is 0 Å². The number of halogens is 3. The first-order chi connectivity index (χ1) is 8.03. The van der Waals surface area contributed by atoms with Crippen molar-refractivity contribution >= 4 is 39.1 Å². The smallest absolute Gasteiger partial charge is 0.0458 e. The van der Waals surface area contributed by atoms with Crippen molar-refractivity contribution in [1.82, 2.24) is 0 Å². The molecule has 0 aromatic heterocycles. The molecule has 4 rings (SSSR count). The van der Waals surface area contributed by atoms with Crippen LogP contribution in [0.15, 0.2) is 18.2 Å². The molecule has 3 aliphatic rings. The van der Waals surface area contributed by atoms with Gasteiger partial charge in [-0.1, -0.05) is 45.2 Å². The van der Waals surface area contributed by atoms with Gasteiger partial charge >= 0.3 is 0 Å². The molecular weight excluding hydrogens is 319 g/mol. The zero-order valence-corrected chi connectivity index (χ0v) is 12.7. The van der Waals surface area contributed by atoms with E-state index in [1.165, 1.54) is 44.1 Å². The first kappa shape index (κ1) is 12.3. The number of alkyl halides is 1. The van der Waals surface area contributed by atoms with Gasteiger partial charge in [0.1, 0.15) is 0 Å². The largest absolute Gasteiger partial charge is 0.0853 e. The zero-order valence-electron chi connectivity index (χ0n) is 9.61. The highest BCUT2D eigenvalue weighted by atomic mass is 79.9. The second-order valence-corrected chi connectivity index (χ2v) is 8.08. The van der Waals surface area contributed by atoms with Crippen LogP contribution in [0.25, 0.3) is 0 Å². The number of benzene rings is 1. The van der Waals surface area contributed by atoms with Crippen LogP contribution in [0.3, 0.4) is 0 Å². The van der Waals surface area contributed by atoms with Gasteiger partial charge in [-0.05, 0) is 61.6 Å². The van der Waals surface area contributed by atoms with E-state index in [0.717, 1.165) is 10.0 Å². The molecule has 0 aliphatic heterocycles. The first-order valence-electron chi connectivity index (χ1n) is 6.18. The van der Waals surface area contributed by atoms with Gasteiger partial charge in [0.25, 0.3) is 0 Å². The summed E-state index contributed by atoms with van der Waals surface area (Å²) in [6, 6.07) is 6.00. The molecule has 3 fully saturated rings. The quantitative estimate of drug-likeness (QED) is 0.575. The minimum absolute atomic E-state index is 0.317. The molecule has 0 heterocycles. The molecule has 0 N–H and O–H groups in total. The van der Waals surface area contributed by atoms with E-state index in [1.807, 2.05) is 12.1 Å². The summed E-state index contributed by atoms with van der Waals surface area (Å²) < 4.78 is 0.424. The van der Waals surface area contributed by atoms with Gasteiger partial charge in [0.15, 0.2) is 0 Å².